The van der Waals surface area contributed by atoms with E-state index in [9.17, 15) is 9.90 Å². The Hall–Kier alpha value is -1.68. The van der Waals surface area contributed by atoms with Gasteiger partial charge in [-0.25, -0.2) is 4.79 Å². The number of aliphatic hydroxyl groups is 1. The highest BCUT2D eigenvalue weighted by Crippen LogP contribution is 2.13. The van der Waals surface area contributed by atoms with Gasteiger partial charge in [-0.05, 0) is 30.5 Å². The molecular weight excluding hydrogens is 218 g/mol. The number of carboxylic acids is 1. The smallest absolute Gasteiger partial charge is 0.335 e. The molecule has 0 radical (unpaired) electrons. The Morgan fingerprint density at radius 3 is 2.94 bits per heavy atom. The predicted octanol–water partition coefficient (Wildman–Crippen LogP) is 1.52. The molecule has 0 saturated heterocycles. The third-order valence-corrected chi connectivity index (χ3v) is 2.87. The lowest BCUT2D eigenvalue weighted by atomic mass is 9.99. The Balaban J connectivity index is 2.08. The summed E-state index contributed by atoms with van der Waals surface area (Å²) in [6.45, 7) is 0.466. The maximum atomic E-state index is 10.8. The van der Waals surface area contributed by atoms with E-state index in [-0.39, 0.29) is 6.10 Å². The zero-order valence-corrected chi connectivity index (χ0v) is 9.47. The van der Waals surface area contributed by atoms with E-state index in [0.29, 0.717) is 18.5 Å². The number of rotatable bonds is 3. The number of hydrogen-bond donors (Lipinski definition) is 2. The van der Waals surface area contributed by atoms with Crippen LogP contribution in [0.15, 0.2) is 29.3 Å². The molecule has 0 fully saturated rings. The molecule has 0 amide bonds. The molecule has 1 heterocycles. The van der Waals surface area contributed by atoms with Gasteiger partial charge in [0.1, 0.15) is 0 Å². The average molecular weight is 233 g/mol. The molecule has 17 heavy (non-hydrogen) atoms. The molecule has 2 N–H and O–H groups in total. The highest BCUT2D eigenvalue weighted by Gasteiger charge is 2.13. The van der Waals surface area contributed by atoms with E-state index in [4.69, 9.17) is 5.11 Å². The van der Waals surface area contributed by atoms with E-state index < -0.39 is 5.97 Å². The molecule has 4 nitrogen and oxygen atoms in total. The van der Waals surface area contributed by atoms with E-state index in [0.717, 1.165) is 24.1 Å². The van der Waals surface area contributed by atoms with Crippen molar-refractivity contribution in [3.8, 4) is 0 Å². The lowest BCUT2D eigenvalue weighted by Gasteiger charge is -2.16. The van der Waals surface area contributed by atoms with Crippen LogP contribution in [0.1, 0.15) is 28.8 Å². The lowest BCUT2D eigenvalue weighted by molar-refractivity contribution is 0.0696. The first-order chi connectivity index (χ1) is 8.15. The van der Waals surface area contributed by atoms with Gasteiger partial charge in [0.25, 0.3) is 0 Å². The van der Waals surface area contributed by atoms with Crippen molar-refractivity contribution < 1.29 is 15.0 Å². The van der Waals surface area contributed by atoms with Crippen LogP contribution in [0.2, 0.25) is 0 Å². The third kappa shape index (κ3) is 3.14. The van der Waals surface area contributed by atoms with Crippen molar-refractivity contribution >= 4 is 11.7 Å². The van der Waals surface area contributed by atoms with Gasteiger partial charge in [-0.15, -0.1) is 0 Å². The van der Waals surface area contributed by atoms with Crippen LogP contribution in [0.25, 0.3) is 0 Å². The minimum Gasteiger partial charge on any atom is -0.478 e. The van der Waals surface area contributed by atoms with Gasteiger partial charge < -0.3 is 10.2 Å². The molecule has 4 heteroatoms. The van der Waals surface area contributed by atoms with Crippen LogP contribution in [0.3, 0.4) is 0 Å². The molecule has 0 aliphatic carbocycles. The first kappa shape index (κ1) is 11.8. The Morgan fingerprint density at radius 2 is 2.29 bits per heavy atom. The maximum absolute atomic E-state index is 10.8. The molecule has 0 saturated carbocycles. The van der Waals surface area contributed by atoms with Gasteiger partial charge >= 0.3 is 5.97 Å². The molecule has 1 aliphatic rings. The molecule has 1 atom stereocenters. The van der Waals surface area contributed by atoms with Gasteiger partial charge in [0.05, 0.1) is 18.2 Å². The number of aromatic carboxylic acids is 1. The molecule has 0 bridgehead atoms. The third-order valence-electron chi connectivity index (χ3n) is 2.87. The first-order valence-electron chi connectivity index (χ1n) is 5.67. The van der Waals surface area contributed by atoms with E-state index in [2.05, 4.69) is 4.99 Å². The normalized spacial score (nSPS) is 19.8. The second kappa shape index (κ2) is 5.10. The fraction of sp³-hybridized carbons (Fsp3) is 0.385. The van der Waals surface area contributed by atoms with Gasteiger partial charge in [-0.3, -0.25) is 4.99 Å². The van der Waals surface area contributed by atoms with Crippen LogP contribution < -0.4 is 0 Å². The highest BCUT2D eigenvalue weighted by atomic mass is 16.4. The number of carbonyl (C=O) groups is 1. The number of aliphatic hydroxyl groups excluding tert-OH is 1. The molecular formula is C13H15NO3. The van der Waals surface area contributed by atoms with Crippen LogP contribution in [-0.2, 0) is 6.42 Å². The van der Waals surface area contributed by atoms with Crippen LogP contribution >= 0.6 is 0 Å². The fourth-order valence-electron chi connectivity index (χ4n) is 1.93. The van der Waals surface area contributed by atoms with Crippen LogP contribution in [-0.4, -0.2) is 34.5 Å². The second-order valence-electron chi connectivity index (χ2n) is 4.28. The van der Waals surface area contributed by atoms with Crippen molar-refractivity contribution in [2.45, 2.75) is 25.4 Å². The summed E-state index contributed by atoms with van der Waals surface area (Å²) >= 11 is 0. The summed E-state index contributed by atoms with van der Waals surface area (Å²) in [6.07, 6.45) is 1.90. The molecule has 1 aliphatic heterocycles. The monoisotopic (exact) mass is 233 g/mol. The number of benzene rings is 1. The quantitative estimate of drug-likeness (QED) is 0.831. The van der Waals surface area contributed by atoms with E-state index >= 15 is 0 Å². The molecule has 1 aromatic carbocycles. The molecule has 2 rings (SSSR count). The Bertz CT molecular complexity index is 454. The van der Waals surface area contributed by atoms with Crippen LogP contribution in [0, 0.1) is 0 Å². The Kier molecular flexibility index (Phi) is 3.54. The van der Waals surface area contributed by atoms with E-state index in [1.807, 2.05) is 6.07 Å². The molecule has 0 spiro atoms. The van der Waals surface area contributed by atoms with Crippen molar-refractivity contribution in [1.29, 1.82) is 0 Å². The van der Waals surface area contributed by atoms with E-state index in [1.54, 1.807) is 18.2 Å². The van der Waals surface area contributed by atoms with Crippen molar-refractivity contribution in [2.24, 2.45) is 4.99 Å². The summed E-state index contributed by atoms with van der Waals surface area (Å²) in [4.78, 5) is 15.1. The van der Waals surface area contributed by atoms with Gasteiger partial charge in [0.15, 0.2) is 0 Å². The van der Waals surface area contributed by atoms with Crippen LogP contribution in [0.4, 0.5) is 0 Å². The van der Waals surface area contributed by atoms with Gasteiger partial charge in [0, 0.05) is 12.1 Å². The second-order valence-corrected chi connectivity index (χ2v) is 4.28. The van der Waals surface area contributed by atoms with Crippen molar-refractivity contribution in [1.82, 2.24) is 0 Å². The summed E-state index contributed by atoms with van der Waals surface area (Å²) in [7, 11) is 0. The summed E-state index contributed by atoms with van der Waals surface area (Å²) in [5.74, 6) is -0.909. The number of carboxylic acid groups (broad SMARTS) is 1. The summed E-state index contributed by atoms with van der Waals surface area (Å²) in [5, 5.41) is 18.2. The SMILES string of the molecule is O=C(O)c1cccc(CC2=NCC(O)CC2)c1. The molecule has 90 valence electrons. The number of nitrogens with zero attached hydrogens (tertiary/aromatic N) is 1. The molecule has 1 aromatic rings. The minimum absolute atomic E-state index is 0.305. The maximum Gasteiger partial charge on any atom is 0.335 e. The Labute approximate surface area is 99.6 Å². The molecule has 0 aromatic heterocycles. The summed E-state index contributed by atoms with van der Waals surface area (Å²) < 4.78 is 0. The standard InChI is InChI=1S/C13H15NO3/c15-12-5-4-11(14-8-12)7-9-2-1-3-10(6-9)13(16)17/h1-3,6,12,15H,4-5,7-8H2,(H,16,17). The average Bonchev–Trinajstić information content (AvgIpc) is 2.32. The van der Waals surface area contributed by atoms with Crippen LogP contribution in [0.5, 0.6) is 0 Å². The van der Waals surface area contributed by atoms with Gasteiger partial charge in [-0.1, -0.05) is 12.1 Å². The van der Waals surface area contributed by atoms with E-state index in [1.165, 1.54) is 0 Å². The summed E-state index contributed by atoms with van der Waals surface area (Å²) in [6, 6.07) is 6.91. The zero-order chi connectivity index (χ0) is 12.3. The van der Waals surface area contributed by atoms with Crippen molar-refractivity contribution in [2.75, 3.05) is 6.54 Å². The minimum atomic E-state index is -0.909. The first-order valence-corrected chi connectivity index (χ1v) is 5.67. The number of hydrogen-bond acceptors (Lipinski definition) is 3. The largest absolute Gasteiger partial charge is 0.478 e. The van der Waals surface area contributed by atoms with Crippen molar-refractivity contribution in [3.05, 3.63) is 35.4 Å². The summed E-state index contributed by atoms with van der Waals surface area (Å²) in [5.41, 5.74) is 2.30. The fourth-order valence-corrected chi connectivity index (χ4v) is 1.93. The zero-order valence-electron chi connectivity index (χ0n) is 9.47. The lowest BCUT2D eigenvalue weighted by Crippen LogP contribution is -2.21. The Morgan fingerprint density at radius 1 is 1.47 bits per heavy atom. The molecule has 1 unspecified atom stereocenters. The predicted molar refractivity (Wildman–Crippen MR) is 64.6 cm³/mol. The van der Waals surface area contributed by atoms with Crippen molar-refractivity contribution in [3.63, 3.8) is 0 Å². The topological polar surface area (TPSA) is 69.9 Å². The number of aliphatic imine (C=N–C) groups is 1. The highest BCUT2D eigenvalue weighted by molar-refractivity contribution is 5.90. The van der Waals surface area contributed by atoms with Gasteiger partial charge in [0.2, 0.25) is 0 Å². The van der Waals surface area contributed by atoms with Gasteiger partial charge in [-0.2, -0.15) is 0 Å².